The van der Waals surface area contributed by atoms with E-state index in [2.05, 4.69) is 0 Å². The molecule has 2 rings (SSSR count). The van der Waals surface area contributed by atoms with Gasteiger partial charge in [-0.1, -0.05) is 0 Å². The van der Waals surface area contributed by atoms with Gasteiger partial charge in [-0.15, -0.1) is 0 Å². The number of nitrogens with two attached hydrogens (primary N) is 1. The number of ether oxygens (including phenoxy) is 1. The predicted molar refractivity (Wildman–Crippen MR) is 70.3 cm³/mol. The lowest BCUT2D eigenvalue weighted by Gasteiger charge is -2.42. The van der Waals surface area contributed by atoms with Gasteiger partial charge < -0.3 is 15.4 Å². The first-order valence-corrected chi connectivity index (χ1v) is 6.44. The van der Waals surface area contributed by atoms with Crippen LogP contribution in [0.4, 0.5) is 8.78 Å². The second-order valence-electron chi connectivity index (χ2n) is 5.58. The third-order valence-electron chi connectivity index (χ3n) is 3.14. The molecule has 6 heteroatoms. The quantitative estimate of drug-likeness (QED) is 0.896. The van der Waals surface area contributed by atoms with Gasteiger partial charge in [-0.25, -0.2) is 8.78 Å². The Kier molecular flexibility index (Phi) is 4.06. The summed E-state index contributed by atoms with van der Waals surface area (Å²) in [6, 6.07) is 2.80. The Morgan fingerprint density at radius 3 is 2.55 bits per heavy atom. The van der Waals surface area contributed by atoms with Crippen LogP contribution in [0.25, 0.3) is 0 Å². The number of halogens is 2. The Morgan fingerprint density at radius 2 is 2.00 bits per heavy atom. The lowest BCUT2D eigenvalue weighted by molar-refractivity contribution is -0.122. The number of hydrogen-bond donors (Lipinski definition) is 1. The molecule has 1 unspecified atom stereocenters. The lowest BCUT2D eigenvalue weighted by atomic mass is 10.0. The molecule has 110 valence electrons. The highest BCUT2D eigenvalue weighted by molar-refractivity contribution is 5.94. The summed E-state index contributed by atoms with van der Waals surface area (Å²) in [7, 11) is 0. The van der Waals surface area contributed by atoms with Crippen molar-refractivity contribution in [3.8, 4) is 0 Å². The number of benzene rings is 1. The summed E-state index contributed by atoms with van der Waals surface area (Å²) < 4.78 is 32.1. The normalized spacial score (nSPS) is 21.9. The lowest BCUT2D eigenvalue weighted by Crippen LogP contribution is -2.56. The number of hydrogen-bond acceptors (Lipinski definition) is 3. The molecule has 1 atom stereocenters. The molecular formula is C14H18F2N2O2. The molecule has 20 heavy (non-hydrogen) atoms. The van der Waals surface area contributed by atoms with Crippen LogP contribution in [0, 0.1) is 11.6 Å². The first-order chi connectivity index (χ1) is 9.30. The summed E-state index contributed by atoms with van der Waals surface area (Å²) in [5.74, 6) is -1.95. The SMILES string of the molecule is CC1(C)CN(C(=O)c2cc(F)cc(F)c2)CC(CN)O1. The molecular weight excluding hydrogens is 266 g/mol. The van der Waals surface area contributed by atoms with Crippen LogP contribution in [0.5, 0.6) is 0 Å². The Balaban J connectivity index is 2.23. The van der Waals surface area contributed by atoms with Gasteiger partial charge in [0.1, 0.15) is 11.6 Å². The molecule has 1 amide bonds. The average molecular weight is 284 g/mol. The number of amides is 1. The van der Waals surface area contributed by atoms with Gasteiger partial charge in [0.15, 0.2) is 0 Å². The minimum Gasteiger partial charge on any atom is -0.367 e. The molecule has 1 saturated heterocycles. The average Bonchev–Trinajstić information content (AvgIpc) is 2.34. The summed E-state index contributed by atoms with van der Waals surface area (Å²) in [5.41, 5.74) is 5.05. The molecule has 1 aliphatic rings. The monoisotopic (exact) mass is 284 g/mol. The van der Waals surface area contributed by atoms with E-state index < -0.39 is 23.1 Å². The molecule has 1 heterocycles. The van der Waals surface area contributed by atoms with E-state index in [0.29, 0.717) is 13.1 Å². The fraction of sp³-hybridized carbons (Fsp3) is 0.500. The fourth-order valence-electron chi connectivity index (χ4n) is 2.43. The van der Waals surface area contributed by atoms with E-state index in [-0.39, 0.29) is 18.2 Å². The van der Waals surface area contributed by atoms with Gasteiger partial charge >= 0.3 is 0 Å². The number of carbonyl (C=O) groups excluding carboxylic acids is 1. The molecule has 0 bridgehead atoms. The van der Waals surface area contributed by atoms with Crippen molar-refractivity contribution >= 4 is 5.91 Å². The van der Waals surface area contributed by atoms with E-state index in [9.17, 15) is 13.6 Å². The van der Waals surface area contributed by atoms with Crippen molar-refractivity contribution in [1.29, 1.82) is 0 Å². The maximum atomic E-state index is 13.2. The molecule has 0 aromatic heterocycles. The van der Waals surface area contributed by atoms with E-state index in [4.69, 9.17) is 10.5 Å². The van der Waals surface area contributed by atoms with Gasteiger partial charge in [-0.3, -0.25) is 4.79 Å². The molecule has 1 fully saturated rings. The standard InChI is InChI=1S/C14H18F2N2O2/c1-14(2)8-18(7-12(6-17)20-14)13(19)9-3-10(15)5-11(16)4-9/h3-5,12H,6-8,17H2,1-2H3. The Bertz CT molecular complexity index is 500. The minimum atomic E-state index is -0.767. The zero-order valence-corrected chi connectivity index (χ0v) is 11.5. The molecule has 0 spiro atoms. The number of rotatable bonds is 2. The summed E-state index contributed by atoms with van der Waals surface area (Å²) in [4.78, 5) is 13.9. The molecule has 4 nitrogen and oxygen atoms in total. The number of carbonyl (C=O) groups is 1. The van der Waals surface area contributed by atoms with Crippen LogP contribution in [-0.2, 0) is 4.74 Å². The van der Waals surface area contributed by atoms with Gasteiger partial charge in [0.25, 0.3) is 5.91 Å². The third-order valence-corrected chi connectivity index (χ3v) is 3.14. The summed E-state index contributed by atoms with van der Waals surface area (Å²) in [6.45, 7) is 4.64. The van der Waals surface area contributed by atoms with Crippen molar-refractivity contribution in [3.63, 3.8) is 0 Å². The van der Waals surface area contributed by atoms with Crippen LogP contribution >= 0.6 is 0 Å². The number of nitrogens with zero attached hydrogens (tertiary/aromatic N) is 1. The Labute approximate surface area is 116 Å². The van der Waals surface area contributed by atoms with E-state index in [0.717, 1.165) is 18.2 Å². The smallest absolute Gasteiger partial charge is 0.254 e. The summed E-state index contributed by atoms with van der Waals surface area (Å²) in [5, 5.41) is 0. The molecule has 0 saturated carbocycles. The maximum Gasteiger partial charge on any atom is 0.254 e. The predicted octanol–water partition coefficient (Wildman–Crippen LogP) is 1.54. The molecule has 0 aliphatic carbocycles. The van der Waals surface area contributed by atoms with Crippen LogP contribution < -0.4 is 5.73 Å². The van der Waals surface area contributed by atoms with Gasteiger partial charge in [-0.05, 0) is 26.0 Å². The van der Waals surface area contributed by atoms with Crippen LogP contribution in [0.2, 0.25) is 0 Å². The largest absolute Gasteiger partial charge is 0.367 e. The highest BCUT2D eigenvalue weighted by Gasteiger charge is 2.35. The van der Waals surface area contributed by atoms with Crippen LogP contribution in [0.1, 0.15) is 24.2 Å². The highest BCUT2D eigenvalue weighted by atomic mass is 19.1. The molecule has 2 N–H and O–H groups in total. The van der Waals surface area contributed by atoms with Gasteiger partial charge in [0, 0.05) is 31.3 Å². The van der Waals surface area contributed by atoms with Crippen LogP contribution in [0.15, 0.2) is 18.2 Å². The first-order valence-electron chi connectivity index (χ1n) is 6.44. The van der Waals surface area contributed by atoms with Crippen molar-refractivity contribution in [2.75, 3.05) is 19.6 Å². The second-order valence-corrected chi connectivity index (χ2v) is 5.58. The Hall–Kier alpha value is -1.53. The molecule has 1 aromatic rings. The van der Waals surface area contributed by atoms with Gasteiger partial charge in [0.05, 0.1) is 11.7 Å². The summed E-state index contributed by atoms with van der Waals surface area (Å²) >= 11 is 0. The highest BCUT2D eigenvalue weighted by Crippen LogP contribution is 2.22. The van der Waals surface area contributed by atoms with Crippen molar-refractivity contribution in [2.24, 2.45) is 5.73 Å². The van der Waals surface area contributed by atoms with Crippen molar-refractivity contribution in [3.05, 3.63) is 35.4 Å². The van der Waals surface area contributed by atoms with Crippen molar-refractivity contribution in [2.45, 2.75) is 25.6 Å². The zero-order valence-electron chi connectivity index (χ0n) is 11.5. The van der Waals surface area contributed by atoms with Crippen molar-refractivity contribution < 1.29 is 18.3 Å². The molecule has 1 aliphatic heterocycles. The topological polar surface area (TPSA) is 55.6 Å². The van der Waals surface area contributed by atoms with Gasteiger partial charge in [0.2, 0.25) is 0 Å². The minimum absolute atomic E-state index is 0.00373. The molecule has 0 radical (unpaired) electrons. The second kappa shape index (κ2) is 5.46. The summed E-state index contributed by atoms with van der Waals surface area (Å²) in [6.07, 6.45) is -0.277. The zero-order chi connectivity index (χ0) is 14.9. The Morgan fingerprint density at radius 1 is 1.40 bits per heavy atom. The number of morpholine rings is 1. The van der Waals surface area contributed by atoms with E-state index in [1.54, 1.807) is 0 Å². The molecule has 1 aromatic carbocycles. The van der Waals surface area contributed by atoms with Crippen LogP contribution in [0.3, 0.4) is 0 Å². The van der Waals surface area contributed by atoms with Gasteiger partial charge in [-0.2, -0.15) is 0 Å². The van der Waals surface area contributed by atoms with Crippen molar-refractivity contribution in [1.82, 2.24) is 4.90 Å². The third kappa shape index (κ3) is 3.32. The van der Waals surface area contributed by atoms with E-state index >= 15 is 0 Å². The van der Waals surface area contributed by atoms with E-state index in [1.807, 2.05) is 13.8 Å². The first kappa shape index (κ1) is 14.9. The van der Waals surface area contributed by atoms with E-state index in [1.165, 1.54) is 4.90 Å². The maximum absolute atomic E-state index is 13.2. The fourth-order valence-corrected chi connectivity index (χ4v) is 2.43. The van der Waals surface area contributed by atoms with Crippen LogP contribution in [-0.4, -0.2) is 42.1 Å².